The van der Waals surface area contributed by atoms with Gasteiger partial charge in [0.25, 0.3) is 15.9 Å². The number of rotatable bonds is 11. The van der Waals surface area contributed by atoms with E-state index in [1.165, 1.54) is 44.5 Å². The highest BCUT2D eigenvalue weighted by Crippen LogP contribution is 2.27. The number of benzene rings is 3. The standard InChI is InChI=1S/C27H28N4O6S2/c1-19(32)29-21-6-12-26(13-7-21)39(34,35)31(22-8-10-23(36-2)11-9-22)16-27(33)30-28-15-20-4-3-5-24(14-20)37-25-17-38-18-25/h3-15,25H,16-18H2,1-2H3,(H,29,32)(H,30,33)/b28-15+. The van der Waals surface area contributed by atoms with E-state index in [-0.39, 0.29) is 22.6 Å². The molecule has 0 radical (unpaired) electrons. The Morgan fingerprint density at radius 1 is 1.05 bits per heavy atom. The van der Waals surface area contributed by atoms with E-state index in [1.807, 2.05) is 36.0 Å². The molecule has 0 aliphatic carbocycles. The zero-order valence-corrected chi connectivity index (χ0v) is 23.0. The van der Waals surface area contributed by atoms with Gasteiger partial charge in [-0.25, -0.2) is 13.8 Å². The molecule has 39 heavy (non-hydrogen) atoms. The summed E-state index contributed by atoms with van der Waals surface area (Å²) in [7, 11) is -2.66. The number of methoxy groups -OCH3 is 1. The van der Waals surface area contributed by atoms with Gasteiger partial charge in [0, 0.05) is 24.1 Å². The molecular formula is C27H28N4O6S2. The van der Waals surface area contributed by atoms with Crippen LogP contribution in [0.2, 0.25) is 0 Å². The number of carbonyl (C=O) groups excluding carboxylic acids is 2. The maximum atomic E-state index is 13.6. The van der Waals surface area contributed by atoms with Crippen molar-refractivity contribution in [2.45, 2.75) is 17.9 Å². The number of amides is 2. The van der Waals surface area contributed by atoms with Crippen molar-refractivity contribution in [3.05, 3.63) is 78.4 Å². The molecule has 2 amide bonds. The van der Waals surface area contributed by atoms with Crippen LogP contribution >= 0.6 is 11.8 Å². The Morgan fingerprint density at radius 3 is 2.38 bits per heavy atom. The summed E-state index contributed by atoms with van der Waals surface area (Å²) in [5.41, 5.74) is 3.83. The Hall–Kier alpha value is -4.03. The number of nitrogens with zero attached hydrogens (tertiary/aromatic N) is 2. The molecule has 3 aromatic carbocycles. The van der Waals surface area contributed by atoms with Crippen molar-refractivity contribution < 1.29 is 27.5 Å². The summed E-state index contributed by atoms with van der Waals surface area (Å²) >= 11 is 1.83. The van der Waals surface area contributed by atoms with E-state index in [0.29, 0.717) is 11.4 Å². The molecule has 0 unspecified atom stereocenters. The first-order valence-corrected chi connectivity index (χ1v) is 14.5. The lowest BCUT2D eigenvalue weighted by atomic mass is 10.2. The van der Waals surface area contributed by atoms with Crippen molar-refractivity contribution in [1.29, 1.82) is 0 Å². The number of carbonyl (C=O) groups is 2. The van der Waals surface area contributed by atoms with E-state index in [0.717, 1.165) is 27.1 Å². The van der Waals surface area contributed by atoms with Crippen LogP contribution in [0.5, 0.6) is 11.5 Å². The van der Waals surface area contributed by atoms with Crippen LogP contribution in [0.15, 0.2) is 82.8 Å². The zero-order valence-electron chi connectivity index (χ0n) is 21.4. The van der Waals surface area contributed by atoms with Crippen LogP contribution in [-0.4, -0.2) is 57.7 Å². The van der Waals surface area contributed by atoms with E-state index in [4.69, 9.17) is 9.47 Å². The molecule has 1 saturated heterocycles. The normalized spacial score (nSPS) is 13.4. The number of sulfonamides is 1. The van der Waals surface area contributed by atoms with E-state index in [2.05, 4.69) is 15.8 Å². The molecule has 204 valence electrons. The lowest BCUT2D eigenvalue weighted by Crippen LogP contribution is -2.39. The number of ether oxygens (including phenoxy) is 2. The van der Waals surface area contributed by atoms with Crippen LogP contribution in [-0.2, 0) is 19.6 Å². The van der Waals surface area contributed by atoms with Gasteiger partial charge >= 0.3 is 0 Å². The molecular weight excluding hydrogens is 540 g/mol. The largest absolute Gasteiger partial charge is 0.497 e. The molecule has 1 aliphatic heterocycles. The number of hydrazone groups is 1. The van der Waals surface area contributed by atoms with Gasteiger partial charge in [0.05, 0.1) is 23.9 Å². The lowest BCUT2D eigenvalue weighted by Gasteiger charge is -2.25. The monoisotopic (exact) mass is 568 g/mol. The Labute approximate surface area is 231 Å². The third kappa shape index (κ3) is 7.52. The number of anilines is 2. The fourth-order valence-electron chi connectivity index (χ4n) is 3.59. The highest BCUT2D eigenvalue weighted by molar-refractivity contribution is 8.00. The molecule has 1 fully saturated rings. The third-order valence-electron chi connectivity index (χ3n) is 5.58. The van der Waals surface area contributed by atoms with Crippen LogP contribution in [0.25, 0.3) is 0 Å². The minimum absolute atomic E-state index is 0.0506. The first kappa shape index (κ1) is 28.0. The van der Waals surface area contributed by atoms with Gasteiger partial charge in [-0.1, -0.05) is 12.1 Å². The zero-order chi connectivity index (χ0) is 27.8. The fourth-order valence-corrected chi connectivity index (χ4v) is 5.58. The SMILES string of the molecule is COc1ccc(N(CC(=O)N/N=C/c2cccc(OC3CSC3)c2)S(=O)(=O)c2ccc(NC(C)=O)cc2)cc1. The number of hydrogen-bond acceptors (Lipinski definition) is 8. The molecule has 0 saturated carbocycles. The lowest BCUT2D eigenvalue weighted by molar-refractivity contribution is -0.119. The van der Waals surface area contributed by atoms with Crippen LogP contribution in [0.4, 0.5) is 11.4 Å². The van der Waals surface area contributed by atoms with Crippen LogP contribution in [0.3, 0.4) is 0 Å². The van der Waals surface area contributed by atoms with Crippen LogP contribution < -0.4 is 24.5 Å². The first-order valence-electron chi connectivity index (χ1n) is 12.0. The minimum atomic E-state index is -4.16. The van der Waals surface area contributed by atoms with Gasteiger partial charge in [-0.15, -0.1) is 0 Å². The molecule has 3 aromatic rings. The average molecular weight is 569 g/mol. The second kappa shape index (κ2) is 12.7. The topological polar surface area (TPSA) is 126 Å². The molecule has 0 aromatic heterocycles. The molecule has 0 spiro atoms. The first-order chi connectivity index (χ1) is 18.7. The minimum Gasteiger partial charge on any atom is -0.497 e. The van der Waals surface area contributed by atoms with Gasteiger partial charge in [-0.3, -0.25) is 13.9 Å². The van der Waals surface area contributed by atoms with Crippen LogP contribution in [0.1, 0.15) is 12.5 Å². The molecule has 2 N–H and O–H groups in total. The highest BCUT2D eigenvalue weighted by Gasteiger charge is 2.27. The Balaban J connectivity index is 1.50. The van der Waals surface area contributed by atoms with Crippen molar-refractivity contribution in [3.63, 3.8) is 0 Å². The van der Waals surface area contributed by atoms with E-state index in [1.54, 1.807) is 24.3 Å². The number of nitrogens with one attached hydrogen (secondary N) is 2. The average Bonchev–Trinajstić information content (AvgIpc) is 2.90. The van der Waals surface area contributed by atoms with Gasteiger partial charge in [0.15, 0.2) is 0 Å². The summed E-state index contributed by atoms with van der Waals surface area (Å²) in [6, 6.07) is 19.3. The van der Waals surface area contributed by atoms with Crippen molar-refractivity contribution in [1.82, 2.24) is 5.43 Å². The Morgan fingerprint density at radius 2 is 1.77 bits per heavy atom. The Bertz CT molecular complexity index is 1440. The maximum Gasteiger partial charge on any atom is 0.264 e. The predicted molar refractivity (Wildman–Crippen MR) is 152 cm³/mol. The highest BCUT2D eigenvalue weighted by atomic mass is 32.2. The van der Waals surface area contributed by atoms with Gasteiger partial charge in [0.2, 0.25) is 5.91 Å². The summed E-state index contributed by atoms with van der Waals surface area (Å²) in [6.45, 7) is 0.832. The molecule has 10 nitrogen and oxygen atoms in total. The second-order valence-electron chi connectivity index (χ2n) is 8.56. The molecule has 12 heteroatoms. The van der Waals surface area contributed by atoms with Crippen LogP contribution in [0, 0.1) is 0 Å². The summed E-state index contributed by atoms with van der Waals surface area (Å²) < 4.78 is 39.2. The number of hydrogen-bond donors (Lipinski definition) is 2. The number of thioether (sulfide) groups is 1. The van der Waals surface area contributed by atoms with Crippen molar-refractivity contribution in [2.75, 3.05) is 34.8 Å². The summed E-state index contributed by atoms with van der Waals surface area (Å²) in [6.07, 6.45) is 1.67. The summed E-state index contributed by atoms with van der Waals surface area (Å²) in [5, 5.41) is 6.59. The quantitative estimate of drug-likeness (QED) is 0.268. The van der Waals surface area contributed by atoms with Gasteiger partial charge in [0.1, 0.15) is 24.1 Å². The van der Waals surface area contributed by atoms with Gasteiger partial charge in [-0.05, 0) is 66.2 Å². The van der Waals surface area contributed by atoms with Gasteiger partial charge in [-0.2, -0.15) is 16.9 Å². The summed E-state index contributed by atoms with van der Waals surface area (Å²) in [5.74, 6) is 2.26. The molecule has 1 heterocycles. The van der Waals surface area contributed by atoms with Crippen molar-refractivity contribution in [3.8, 4) is 11.5 Å². The fraction of sp³-hybridized carbons (Fsp3) is 0.222. The predicted octanol–water partition coefficient (Wildman–Crippen LogP) is 3.49. The van der Waals surface area contributed by atoms with E-state index < -0.39 is 22.5 Å². The van der Waals surface area contributed by atoms with Crippen molar-refractivity contribution in [2.24, 2.45) is 5.10 Å². The smallest absolute Gasteiger partial charge is 0.264 e. The Kier molecular flexibility index (Phi) is 9.10. The molecule has 4 rings (SSSR count). The second-order valence-corrected chi connectivity index (χ2v) is 11.5. The van der Waals surface area contributed by atoms with Gasteiger partial charge < -0.3 is 14.8 Å². The molecule has 0 bridgehead atoms. The molecule has 1 aliphatic rings. The molecule has 0 atom stereocenters. The van der Waals surface area contributed by atoms with Crippen molar-refractivity contribution >= 4 is 51.2 Å². The summed E-state index contributed by atoms with van der Waals surface area (Å²) in [4.78, 5) is 24.1. The maximum absolute atomic E-state index is 13.6. The van der Waals surface area contributed by atoms with E-state index >= 15 is 0 Å². The third-order valence-corrected chi connectivity index (χ3v) is 8.58. The van der Waals surface area contributed by atoms with E-state index in [9.17, 15) is 18.0 Å².